The van der Waals surface area contributed by atoms with Gasteiger partial charge in [-0.25, -0.2) is 4.98 Å². The maximum atomic E-state index is 12.5. The maximum Gasteiger partial charge on any atom is 0.257 e. The second-order valence-corrected chi connectivity index (χ2v) is 5.75. The molecule has 2 amide bonds. The minimum absolute atomic E-state index is 0.118. The third kappa shape index (κ3) is 2.36. The van der Waals surface area contributed by atoms with Crippen molar-refractivity contribution in [2.45, 2.75) is 18.9 Å². The predicted octanol–water partition coefficient (Wildman–Crippen LogP) is 1.84. The van der Waals surface area contributed by atoms with Gasteiger partial charge in [-0.05, 0) is 18.6 Å². The molecule has 1 aromatic rings. The summed E-state index contributed by atoms with van der Waals surface area (Å²) in [6, 6.07) is 3.28. The molecule has 0 aliphatic carbocycles. The topological polar surface area (TPSA) is 53.5 Å². The van der Waals surface area contributed by atoms with Crippen LogP contribution in [-0.4, -0.2) is 52.3 Å². The van der Waals surface area contributed by atoms with Gasteiger partial charge in [-0.1, -0.05) is 23.2 Å². The summed E-state index contributed by atoms with van der Waals surface area (Å²) in [6.45, 7) is 1.68. The van der Waals surface area contributed by atoms with Gasteiger partial charge in [0.25, 0.3) is 5.91 Å². The molecule has 106 valence electrons. The van der Waals surface area contributed by atoms with E-state index < -0.39 is 0 Å². The van der Waals surface area contributed by atoms with Crippen LogP contribution in [0, 0.1) is 0 Å². The molecular weight excluding hydrogens is 301 g/mol. The third-order valence-electron chi connectivity index (χ3n) is 3.83. The minimum atomic E-state index is -0.154. The molecule has 1 unspecified atom stereocenters. The third-order valence-corrected chi connectivity index (χ3v) is 4.33. The van der Waals surface area contributed by atoms with Crippen molar-refractivity contribution in [1.29, 1.82) is 0 Å². The zero-order chi connectivity index (χ0) is 14.3. The Kier molecular flexibility index (Phi) is 3.56. The average molecular weight is 314 g/mol. The number of carbonyl (C=O) groups excluding carboxylic acids is 2. The number of carbonyl (C=O) groups is 2. The highest BCUT2D eigenvalue weighted by Gasteiger charge is 2.37. The Bertz CT molecular complexity index is 579. The van der Waals surface area contributed by atoms with E-state index >= 15 is 0 Å². The van der Waals surface area contributed by atoms with Crippen molar-refractivity contribution < 1.29 is 9.59 Å². The van der Waals surface area contributed by atoms with Crippen LogP contribution in [0.4, 0.5) is 0 Å². The number of piperazine rings is 1. The molecule has 3 rings (SSSR count). The van der Waals surface area contributed by atoms with Crippen molar-refractivity contribution in [3.63, 3.8) is 0 Å². The van der Waals surface area contributed by atoms with Crippen molar-refractivity contribution in [3.05, 3.63) is 28.0 Å². The molecule has 3 heterocycles. The van der Waals surface area contributed by atoms with E-state index in [0.717, 1.165) is 6.42 Å². The zero-order valence-corrected chi connectivity index (χ0v) is 12.2. The van der Waals surface area contributed by atoms with Crippen LogP contribution in [-0.2, 0) is 4.79 Å². The zero-order valence-electron chi connectivity index (χ0n) is 10.7. The molecule has 0 saturated carbocycles. The van der Waals surface area contributed by atoms with Crippen molar-refractivity contribution in [3.8, 4) is 0 Å². The first-order valence-electron chi connectivity index (χ1n) is 6.47. The highest BCUT2D eigenvalue weighted by molar-refractivity contribution is 6.34. The van der Waals surface area contributed by atoms with Crippen molar-refractivity contribution in [2.24, 2.45) is 0 Å². The molecule has 0 N–H and O–H groups in total. The van der Waals surface area contributed by atoms with Crippen molar-refractivity contribution in [1.82, 2.24) is 14.8 Å². The summed E-state index contributed by atoms with van der Waals surface area (Å²) in [5, 5.41) is 0.380. The normalized spacial score (nSPS) is 22.1. The van der Waals surface area contributed by atoms with Crippen LogP contribution < -0.4 is 0 Å². The van der Waals surface area contributed by atoms with E-state index in [9.17, 15) is 9.59 Å². The summed E-state index contributed by atoms with van der Waals surface area (Å²) < 4.78 is 0. The van der Waals surface area contributed by atoms with Gasteiger partial charge < -0.3 is 9.80 Å². The first kappa shape index (κ1) is 13.6. The fourth-order valence-electron chi connectivity index (χ4n) is 2.79. The fraction of sp³-hybridized carbons (Fsp3) is 0.462. The molecule has 2 fully saturated rings. The Labute approximate surface area is 126 Å². The monoisotopic (exact) mass is 313 g/mol. The molecule has 0 aromatic carbocycles. The number of rotatable bonds is 1. The minimum Gasteiger partial charge on any atom is -0.336 e. The molecule has 7 heteroatoms. The van der Waals surface area contributed by atoms with E-state index in [4.69, 9.17) is 23.2 Å². The van der Waals surface area contributed by atoms with Crippen molar-refractivity contribution >= 4 is 35.0 Å². The van der Waals surface area contributed by atoms with Gasteiger partial charge in [-0.3, -0.25) is 9.59 Å². The van der Waals surface area contributed by atoms with E-state index in [1.165, 1.54) is 0 Å². The van der Waals surface area contributed by atoms with E-state index in [1.807, 2.05) is 4.90 Å². The smallest absolute Gasteiger partial charge is 0.257 e. The summed E-state index contributed by atoms with van der Waals surface area (Å²) in [7, 11) is 0. The first-order chi connectivity index (χ1) is 9.56. The standard InChI is InChI=1S/C13H13Cl2N3O2/c14-10-3-2-9(12(15)16-10)13(20)17-5-6-18-8(7-17)1-4-11(18)19/h2-3,8H,1,4-7H2. The van der Waals surface area contributed by atoms with E-state index in [0.29, 0.717) is 31.6 Å². The predicted molar refractivity (Wildman–Crippen MR) is 74.9 cm³/mol. The van der Waals surface area contributed by atoms with E-state index in [-0.39, 0.29) is 28.2 Å². The molecule has 1 aromatic heterocycles. The number of hydrogen-bond donors (Lipinski definition) is 0. The lowest BCUT2D eigenvalue weighted by atomic mass is 10.1. The Hall–Kier alpha value is -1.33. The van der Waals surface area contributed by atoms with Crippen LogP contribution in [0.1, 0.15) is 23.2 Å². The van der Waals surface area contributed by atoms with Gasteiger partial charge in [0, 0.05) is 32.1 Å². The molecule has 0 radical (unpaired) electrons. The lowest BCUT2D eigenvalue weighted by Gasteiger charge is -2.37. The molecule has 1 atom stereocenters. The van der Waals surface area contributed by atoms with Crippen LogP contribution in [0.3, 0.4) is 0 Å². The van der Waals surface area contributed by atoms with Gasteiger partial charge >= 0.3 is 0 Å². The highest BCUT2D eigenvalue weighted by Crippen LogP contribution is 2.25. The number of amides is 2. The van der Waals surface area contributed by atoms with Crippen LogP contribution in [0.5, 0.6) is 0 Å². The molecular formula is C13H13Cl2N3O2. The number of pyridine rings is 1. The van der Waals surface area contributed by atoms with Crippen LogP contribution in [0.2, 0.25) is 10.3 Å². The summed E-state index contributed by atoms with van der Waals surface area (Å²) in [5.41, 5.74) is 0.355. The summed E-state index contributed by atoms with van der Waals surface area (Å²) in [4.78, 5) is 31.6. The maximum absolute atomic E-state index is 12.5. The van der Waals surface area contributed by atoms with Gasteiger partial charge in [0.05, 0.1) is 5.56 Å². The number of hydrogen-bond acceptors (Lipinski definition) is 3. The molecule has 2 saturated heterocycles. The van der Waals surface area contributed by atoms with Crippen molar-refractivity contribution in [2.75, 3.05) is 19.6 Å². The fourth-order valence-corrected chi connectivity index (χ4v) is 3.22. The van der Waals surface area contributed by atoms with E-state index in [1.54, 1.807) is 17.0 Å². The van der Waals surface area contributed by atoms with Gasteiger partial charge in [0.15, 0.2) is 0 Å². The SMILES string of the molecule is O=C(c1ccc(Cl)nc1Cl)N1CCN2C(=O)CCC2C1. The number of nitrogens with zero attached hydrogens (tertiary/aromatic N) is 3. The molecule has 5 nitrogen and oxygen atoms in total. The lowest BCUT2D eigenvalue weighted by molar-refractivity contribution is -0.130. The molecule has 0 bridgehead atoms. The summed E-state index contributed by atoms with van der Waals surface area (Å²) in [5.74, 6) is 0.0338. The van der Waals surface area contributed by atoms with Gasteiger partial charge in [-0.15, -0.1) is 0 Å². The largest absolute Gasteiger partial charge is 0.336 e. The van der Waals surface area contributed by atoms with Crippen LogP contribution in [0.15, 0.2) is 12.1 Å². The van der Waals surface area contributed by atoms with Gasteiger partial charge in [0.2, 0.25) is 5.91 Å². The second-order valence-electron chi connectivity index (χ2n) is 5.00. The van der Waals surface area contributed by atoms with Crippen LogP contribution in [0.25, 0.3) is 0 Å². The Morgan fingerprint density at radius 3 is 2.85 bits per heavy atom. The van der Waals surface area contributed by atoms with Gasteiger partial charge in [-0.2, -0.15) is 0 Å². The first-order valence-corrected chi connectivity index (χ1v) is 7.22. The van der Waals surface area contributed by atoms with Crippen LogP contribution >= 0.6 is 23.2 Å². The Balaban J connectivity index is 1.77. The second kappa shape index (κ2) is 5.22. The number of aromatic nitrogens is 1. The molecule has 2 aliphatic heterocycles. The summed E-state index contributed by atoms with van der Waals surface area (Å²) >= 11 is 11.7. The summed E-state index contributed by atoms with van der Waals surface area (Å²) in [6.07, 6.45) is 1.39. The van der Waals surface area contributed by atoms with E-state index in [2.05, 4.69) is 4.98 Å². The Morgan fingerprint density at radius 2 is 2.10 bits per heavy atom. The average Bonchev–Trinajstić information content (AvgIpc) is 2.79. The number of halogens is 2. The Morgan fingerprint density at radius 1 is 1.30 bits per heavy atom. The quantitative estimate of drug-likeness (QED) is 0.743. The molecule has 0 spiro atoms. The highest BCUT2D eigenvalue weighted by atomic mass is 35.5. The molecule has 20 heavy (non-hydrogen) atoms. The lowest BCUT2D eigenvalue weighted by Crippen LogP contribution is -2.53. The number of fused-ring (bicyclic) bond motifs is 1. The molecule has 2 aliphatic rings. The van der Waals surface area contributed by atoms with Gasteiger partial charge in [0.1, 0.15) is 10.3 Å².